The van der Waals surface area contributed by atoms with Gasteiger partial charge in [0, 0.05) is 0 Å². The van der Waals surface area contributed by atoms with Gasteiger partial charge in [-0.3, -0.25) is 0 Å². The zero-order chi connectivity index (χ0) is 9.10. The van der Waals surface area contributed by atoms with E-state index in [1.165, 1.54) is 51.6 Å². The minimum Gasteiger partial charge on any atom is -0.316 e. The van der Waals surface area contributed by atoms with E-state index < -0.39 is 0 Å². The molecule has 2 atom stereocenters. The summed E-state index contributed by atoms with van der Waals surface area (Å²) in [5.74, 6) is 3.07. The highest BCUT2D eigenvalue weighted by molar-refractivity contribution is 4.79. The summed E-state index contributed by atoms with van der Waals surface area (Å²) in [4.78, 5) is 0. The molecule has 13 heavy (non-hydrogen) atoms. The van der Waals surface area contributed by atoms with Crippen LogP contribution >= 0.6 is 0 Å². The Morgan fingerprint density at radius 1 is 1.23 bits per heavy atom. The summed E-state index contributed by atoms with van der Waals surface area (Å²) in [5.41, 5.74) is 0. The molecule has 1 heteroatoms. The number of piperidine rings is 1. The largest absolute Gasteiger partial charge is 0.316 e. The zero-order valence-electron chi connectivity index (χ0n) is 8.89. The lowest BCUT2D eigenvalue weighted by Gasteiger charge is -2.34. The average Bonchev–Trinajstić information content (AvgIpc) is 2.02. The topological polar surface area (TPSA) is 12.0 Å². The molecule has 1 aliphatic carbocycles. The van der Waals surface area contributed by atoms with Crippen LogP contribution in [0.3, 0.4) is 0 Å². The van der Waals surface area contributed by atoms with Gasteiger partial charge in [-0.15, -0.1) is 0 Å². The van der Waals surface area contributed by atoms with Gasteiger partial charge in [0.1, 0.15) is 0 Å². The quantitative estimate of drug-likeness (QED) is 0.706. The molecule has 1 saturated heterocycles. The third-order valence-electron chi connectivity index (χ3n) is 4.06. The van der Waals surface area contributed by atoms with Crippen molar-refractivity contribution in [2.45, 2.75) is 45.4 Å². The van der Waals surface area contributed by atoms with Crippen molar-refractivity contribution in [2.24, 2.45) is 17.8 Å². The van der Waals surface area contributed by atoms with Crippen molar-refractivity contribution in [2.75, 3.05) is 13.1 Å². The van der Waals surface area contributed by atoms with Crippen LogP contribution in [-0.4, -0.2) is 13.1 Å². The zero-order valence-corrected chi connectivity index (χ0v) is 8.89. The van der Waals surface area contributed by atoms with E-state index in [2.05, 4.69) is 12.2 Å². The van der Waals surface area contributed by atoms with Gasteiger partial charge in [0.2, 0.25) is 0 Å². The Bertz CT molecular complexity index is 145. The maximum absolute atomic E-state index is 3.52. The first-order valence-corrected chi connectivity index (χ1v) is 6.07. The minimum atomic E-state index is 0.990. The Hall–Kier alpha value is -0.0400. The molecule has 1 N–H and O–H groups in total. The molecule has 0 aromatic heterocycles. The Kier molecular flexibility index (Phi) is 3.26. The van der Waals surface area contributed by atoms with Gasteiger partial charge < -0.3 is 5.32 Å². The molecule has 0 bridgehead atoms. The fraction of sp³-hybridized carbons (Fsp3) is 1.00. The second kappa shape index (κ2) is 4.45. The predicted molar refractivity (Wildman–Crippen MR) is 56.7 cm³/mol. The molecule has 1 nitrogen and oxygen atoms in total. The number of hydrogen-bond donors (Lipinski definition) is 1. The molecular formula is C12H23N. The smallest absolute Gasteiger partial charge is 0.00204 e. The summed E-state index contributed by atoms with van der Waals surface area (Å²) >= 11 is 0. The molecule has 0 amide bonds. The summed E-state index contributed by atoms with van der Waals surface area (Å²) < 4.78 is 0. The maximum Gasteiger partial charge on any atom is -0.00204 e. The van der Waals surface area contributed by atoms with Gasteiger partial charge in [-0.2, -0.15) is 0 Å². The van der Waals surface area contributed by atoms with Gasteiger partial charge >= 0.3 is 0 Å². The highest BCUT2D eigenvalue weighted by Gasteiger charge is 2.26. The third-order valence-corrected chi connectivity index (χ3v) is 4.06. The van der Waals surface area contributed by atoms with Gasteiger partial charge in [0.25, 0.3) is 0 Å². The molecule has 2 rings (SSSR count). The van der Waals surface area contributed by atoms with Crippen molar-refractivity contribution in [3.05, 3.63) is 0 Å². The van der Waals surface area contributed by atoms with Crippen molar-refractivity contribution < 1.29 is 0 Å². The molecular weight excluding hydrogens is 158 g/mol. The fourth-order valence-corrected chi connectivity index (χ4v) is 2.85. The van der Waals surface area contributed by atoms with Crippen molar-refractivity contribution in [1.29, 1.82) is 0 Å². The van der Waals surface area contributed by atoms with Gasteiger partial charge in [-0.25, -0.2) is 0 Å². The van der Waals surface area contributed by atoms with Crippen molar-refractivity contribution in [3.8, 4) is 0 Å². The van der Waals surface area contributed by atoms with Crippen LogP contribution in [0.4, 0.5) is 0 Å². The van der Waals surface area contributed by atoms with Crippen molar-refractivity contribution >= 4 is 0 Å². The van der Waals surface area contributed by atoms with Crippen LogP contribution < -0.4 is 5.32 Å². The van der Waals surface area contributed by atoms with E-state index in [1.807, 2.05) is 0 Å². The monoisotopic (exact) mass is 181 g/mol. The summed E-state index contributed by atoms with van der Waals surface area (Å²) in [6.07, 6.45) is 8.89. The van der Waals surface area contributed by atoms with E-state index in [9.17, 15) is 0 Å². The van der Waals surface area contributed by atoms with Crippen molar-refractivity contribution in [3.63, 3.8) is 0 Å². The van der Waals surface area contributed by atoms with E-state index in [0.29, 0.717) is 0 Å². The summed E-state index contributed by atoms with van der Waals surface area (Å²) in [6, 6.07) is 0. The number of nitrogens with one attached hydrogen (secondary N) is 1. The Balaban J connectivity index is 1.69. The molecule has 0 radical (unpaired) electrons. The van der Waals surface area contributed by atoms with Crippen LogP contribution in [-0.2, 0) is 0 Å². The SMILES string of the molecule is CC(CC1CCCNC1)C1CCC1. The van der Waals surface area contributed by atoms with Crippen LogP contribution in [0.5, 0.6) is 0 Å². The van der Waals surface area contributed by atoms with Crippen LogP contribution in [0.25, 0.3) is 0 Å². The molecule has 0 spiro atoms. The van der Waals surface area contributed by atoms with Crippen LogP contribution in [0.15, 0.2) is 0 Å². The molecule has 2 fully saturated rings. The summed E-state index contributed by atoms with van der Waals surface area (Å²) in [5, 5.41) is 3.52. The first-order valence-electron chi connectivity index (χ1n) is 6.07. The lowest BCUT2D eigenvalue weighted by Crippen LogP contribution is -2.32. The molecule has 1 heterocycles. The van der Waals surface area contributed by atoms with E-state index >= 15 is 0 Å². The Labute approximate surface area is 82.3 Å². The second-order valence-corrected chi connectivity index (χ2v) is 5.12. The van der Waals surface area contributed by atoms with Gasteiger partial charge in [0.05, 0.1) is 0 Å². The van der Waals surface area contributed by atoms with E-state index in [4.69, 9.17) is 0 Å². The molecule has 0 aromatic rings. The highest BCUT2D eigenvalue weighted by Crippen LogP contribution is 2.37. The third kappa shape index (κ3) is 2.46. The summed E-state index contributed by atoms with van der Waals surface area (Å²) in [6.45, 7) is 5.02. The van der Waals surface area contributed by atoms with Crippen LogP contribution in [0.1, 0.15) is 45.4 Å². The maximum atomic E-state index is 3.52. The lowest BCUT2D eigenvalue weighted by molar-refractivity contribution is 0.178. The van der Waals surface area contributed by atoms with Crippen molar-refractivity contribution in [1.82, 2.24) is 5.32 Å². The van der Waals surface area contributed by atoms with E-state index in [0.717, 1.165) is 17.8 Å². The van der Waals surface area contributed by atoms with E-state index in [1.54, 1.807) is 0 Å². The first kappa shape index (κ1) is 9.51. The molecule has 2 unspecified atom stereocenters. The van der Waals surface area contributed by atoms with E-state index in [-0.39, 0.29) is 0 Å². The first-order chi connectivity index (χ1) is 6.36. The van der Waals surface area contributed by atoms with Crippen LogP contribution in [0, 0.1) is 17.8 Å². The highest BCUT2D eigenvalue weighted by atomic mass is 14.9. The molecule has 0 aromatic carbocycles. The minimum absolute atomic E-state index is 0.990. The Morgan fingerprint density at radius 3 is 2.62 bits per heavy atom. The van der Waals surface area contributed by atoms with Gasteiger partial charge in [-0.05, 0) is 50.1 Å². The Morgan fingerprint density at radius 2 is 2.08 bits per heavy atom. The van der Waals surface area contributed by atoms with Crippen LogP contribution in [0.2, 0.25) is 0 Å². The molecule has 1 saturated carbocycles. The average molecular weight is 181 g/mol. The fourth-order valence-electron chi connectivity index (χ4n) is 2.85. The van der Waals surface area contributed by atoms with Gasteiger partial charge in [0.15, 0.2) is 0 Å². The molecule has 1 aliphatic heterocycles. The predicted octanol–water partition coefficient (Wildman–Crippen LogP) is 2.81. The molecule has 76 valence electrons. The second-order valence-electron chi connectivity index (χ2n) is 5.12. The molecule has 2 aliphatic rings. The standard InChI is InChI=1S/C12H23N/c1-10(12-5-2-6-12)8-11-4-3-7-13-9-11/h10-13H,2-9H2,1H3. The number of hydrogen-bond acceptors (Lipinski definition) is 1. The number of rotatable bonds is 3. The summed E-state index contributed by atoms with van der Waals surface area (Å²) in [7, 11) is 0. The van der Waals surface area contributed by atoms with Gasteiger partial charge in [-0.1, -0.05) is 26.2 Å². The lowest BCUT2D eigenvalue weighted by atomic mass is 9.73. The normalized spacial score (nSPS) is 32.5.